The van der Waals surface area contributed by atoms with Gasteiger partial charge in [0, 0.05) is 0 Å². The lowest BCUT2D eigenvalue weighted by Crippen LogP contribution is -1.91. The third-order valence-corrected chi connectivity index (χ3v) is 1.87. The number of rotatable bonds is 3. The molecule has 12 heavy (non-hydrogen) atoms. The van der Waals surface area contributed by atoms with E-state index in [1.54, 1.807) is 0 Å². The van der Waals surface area contributed by atoms with Gasteiger partial charge in [-0.3, -0.25) is 0 Å². The highest BCUT2D eigenvalue weighted by molar-refractivity contribution is 5.31. The maximum Gasteiger partial charge on any atom is 0.119 e. The summed E-state index contributed by atoms with van der Waals surface area (Å²) in [7, 11) is 0. The van der Waals surface area contributed by atoms with Crippen molar-refractivity contribution in [1.29, 1.82) is 0 Å². The van der Waals surface area contributed by atoms with Crippen LogP contribution in [0.5, 0.6) is 5.75 Å². The van der Waals surface area contributed by atoms with Crippen LogP contribution < -0.4 is 4.74 Å². The van der Waals surface area contributed by atoms with Crippen molar-refractivity contribution in [2.75, 3.05) is 13.2 Å². The number of benzene rings is 1. The van der Waals surface area contributed by atoms with Crippen molar-refractivity contribution >= 4 is 0 Å². The van der Waals surface area contributed by atoms with Gasteiger partial charge < -0.3 is 9.47 Å². The molecule has 0 radical (unpaired) electrons. The van der Waals surface area contributed by atoms with Crippen LogP contribution in [0.1, 0.15) is 18.6 Å². The van der Waals surface area contributed by atoms with Crippen LogP contribution in [0.25, 0.3) is 0 Å². The fourth-order valence-corrected chi connectivity index (χ4v) is 1.21. The lowest BCUT2D eigenvalue weighted by atomic mass is 10.1. The highest BCUT2D eigenvalue weighted by Gasteiger charge is 2.24. The first kappa shape index (κ1) is 7.62. The summed E-state index contributed by atoms with van der Waals surface area (Å²) >= 11 is 0. The fraction of sp³-hybridized carbons (Fsp3) is 0.400. The molecule has 1 fully saturated rings. The van der Waals surface area contributed by atoms with E-state index in [2.05, 4.69) is 6.07 Å². The second kappa shape index (κ2) is 3.15. The van der Waals surface area contributed by atoms with Gasteiger partial charge in [0.2, 0.25) is 0 Å². The summed E-state index contributed by atoms with van der Waals surface area (Å²) in [6, 6.07) is 8.08. The minimum atomic E-state index is 0.324. The molecule has 0 spiro atoms. The molecule has 1 saturated heterocycles. The number of epoxide rings is 1. The van der Waals surface area contributed by atoms with Crippen LogP contribution in [0.3, 0.4) is 0 Å². The van der Waals surface area contributed by atoms with Crippen molar-refractivity contribution in [2.45, 2.75) is 13.0 Å². The van der Waals surface area contributed by atoms with E-state index >= 15 is 0 Å². The molecular weight excluding hydrogens is 152 g/mol. The zero-order valence-corrected chi connectivity index (χ0v) is 7.12. The summed E-state index contributed by atoms with van der Waals surface area (Å²) in [6.45, 7) is 3.56. The van der Waals surface area contributed by atoms with Crippen LogP contribution >= 0.6 is 0 Å². The lowest BCUT2D eigenvalue weighted by molar-refractivity contribution is 0.339. The Balaban J connectivity index is 2.15. The molecule has 1 aromatic rings. The van der Waals surface area contributed by atoms with Crippen molar-refractivity contribution in [3.8, 4) is 5.75 Å². The molecule has 1 atom stereocenters. The third-order valence-electron chi connectivity index (χ3n) is 1.87. The highest BCUT2D eigenvalue weighted by atomic mass is 16.6. The van der Waals surface area contributed by atoms with Gasteiger partial charge in [0.25, 0.3) is 0 Å². The van der Waals surface area contributed by atoms with Gasteiger partial charge in [-0.2, -0.15) is 0 Å². The summed E-state index contributed by atoms with van der Waals surface area (Å²) < 4.78 is 10.5. The Morgan fingerprint density at radius 2 is 2.42 bits per heavy atom. The SMILES string of the molecule is CCOc1cccc(C2CO2)c1. The molecule has 2 heteroatoms. The van der Waals surface area contributed by atoms with Crippen molar-refractivity contribution in [3.05, 3.63) is 29.8 Å². The van der Waals surface area contributed by atoms with Gasteiger partial charge in [-0.25, -0.2) is 0 Å². The van der Waals surface area contributed by atoms with Gasteiger partial charge in [0.05, 0.1) is 13.2 Å². The largest absolute Gasteiger partial charge is 0.494 e. The summed E-state index contributed by atoms with van der Waals surface area (Å²) in [6.07, 6.45) is 0.324. The Labute approximate surface area is 72.1 Å². The average molecular weight is 164 g/mol. The molecule has 0 aliphatic carbocycles. The van der Waals surface area contributed by atoms with Crippen molar-refractivity contribution in [3.63, 3.8) is 0 Å². The number of hydrogen-bond donors (Lipinski definition) is 0. The zero-order valence-electron chi connectivity index (χ0n) is 7.12. The molecule has 2 nitrogen and oxygen atoms in total. The Bertz CT molecular complexity index is 266. The Kier molecular flexibility index (Phi) is 2.00. The van der Waals surface area contributed by atoms with Crippen LogP contribution in [0.4, 0.5) is 0 Å². The Hall–Kier alpha value is -1.02. The number of ether oxygens (including phenoxy) is 2. The predicted octanol–water partition coefficient (Wildman–Crippen LogP) is 2.16. The standard InChI is InChI=1S/C10H12O2/c1-2-11-9-5-3-4-8(6-9)10-7-12-10/h3-6,10H,2,7H2,1H3. The van der Waals surface area contributed by atoms with Gasteiger partial charge in [-0.15, -0.1) is 0 Å². The van der Waals surface area contributed by atoms with E-state index in [9.17, 15) is 0 Å². The average Bonchev–Trinajstić information content (AvgIpc) is 2.88. The van der Waals surface area contributed by atoms with E-state index in [1.165, 1.54) is 5.56 Å². The third kappa shape index (κ3) is 1.59. The van der Waals surface area contributed by atoms with Crippen LogP contribution in [-0.4, -0.2) is 13.2 Å². The quantitative estimate of drug-likeness (QED) is 0.638. The molecule has 0 aromatic heterocycles. The molecular formula is C10H12O2. The maximum absolute atomic E-state index is 5.37. The molecule has 1 aliphatic rings. The molecule has 0 bridgehead atoms. The van der Waals surface area contributed by atoms with E-state index in [-0.39, 0.29) is 0 Å². The van der Waals surface area contributed by atoms with E-state index in [1.807, 2.05) is 25.1 Å². The highest BCUT2D eigenvalue weighted by Crippen LogP contribution is 2.31. The zero-order chi connectivity index (χ0) is 8.39. The maximum atomic E-state index is 5.37. The molecule has 64 valence electrons. The van der Waals surface area contributed by atoms with Crippen molar-refractivity contribution in [1.82, 2.24) is 0 Å². The fourth-order valence-electron chi connectivity index (χ4n) is 1.21. The molecule has 1 heterocycles. The molecule has 0 saturated carbocycles. The summed E-state index contributed by atoms with van der Waals surface area (Å²) in [5.74, 6) is 0.936. The van der Waals surface area contributed by atoms with Gasteiger partial charge in [0.15, 0.2) is 0 Å². The first-order chi connectivity index (χ1) is 5.90. The van der Waals surface area contributed by atoms with Crippen LogP contribution in [0.15, 0.2) is 24.3 Å². The minimum absolute atomic E-state index is 0.324. The molecule has 0 amide bonds. The first-order valence-electron chi connectivity index (χ1n) is 4.24. The van der Waals surface area contributed by atoms with Crippen molar-refractivity contribution in [2.24, 2.45) is 0 Å². The molecule has 1 aliphatic heterocycles. The van der Waals surface area contributed by atoms with Gasteiger partial charge in [-0.05, 0) is 24.6 Å². The van der Waals surface area contributed by atoms with Gasteiger partial charge in [-0.1, -0.05) is 12.1 Å². The lowest BCUT2D eigenvalue weighted by Gasteiger charge is -2.03. The molecule has 1 aromatic carbocycles. The summed E-state index contributed by atoms with van der Waals surface area (Å²) in [5.41, 5.74) is 1.22. The van der Waals surface area contributed by atoms with E-state index in [4.69, 9.17) is 9.47 Å². The van der Waals surface area contributed by atoms with Crippen LogP contribution in [0.2, 0.25) is 0 Å². The van der Waals surface area contributed by atoms with E-state index in [0.29, 0.717) is 6.10 Å². The first-order valence-corrected chi connectivity index (χ1v) is 4.24. The Morgan fingerprint density at radius 3 is 3.08 bits per heavy atom. The second-order valence-corrected chi connectivity index (χ2v) is 2.83. The molecule has 0 N–H and O–H groups in total. The second-order valence-electron chi connectivity index (χ2n) is 2.83. The summed E-state index contributed by atoms with van der Waals surface area (Å²) in [5, 5.41) is 0. The number of hydrogen-bond acceptors (Lipinski definition) is 2. The van der Waals surface area contributed by atoms with E-state index < -0.39 is 0 Å². The normalized spacial score (nSPS) is 20.6. The van der Waals surface area contributed by atoms with Crippen LogP contribution in [0, 0.1) is 0 Å². The van der Waals surface area contributed by atoms with Crippen molar-refractivity contribution < 1.29 is 9.47 Å². The summed E-state index contributed by atoms with van der Waals surface area (Å²) in [4.78, 5) is 0. The monoisotopic (exact) mass is 164 g/mol. The Morgan fingerprint density at radius 1 is 1.58 bits per heavy atom. The van der Waals surface area contributed by atoms with Crippen LogP contribution in [-0.2, 0) is 4.74 Å². The smallest absolute Gasteiger partial charge is 0.119 e. The molecule has 1 unspecified atom stereocenters. The topological polar surface area (TPSA) is 21.8 Å². The van der Waals surface area contributed by atoms with Gasteiger partial charge in [0.1, 0.15) is 11.9 Å². The predicted molar refractivity (Wildman–Crippen MR) is 46.3 cm³/mol. The van der Waals surface area contributed by atoms with Gasteiger partial charge >= 0.3 is 0 Å². The minimum Gasteiger partial charge on any atom is -0.494 e. The van der Waals surface area contributed by atoms with E-state index in [0.717, 1.165) is 19.0 Å². The molecule has 2 rings (SSSR count).